The number of aromatic nitrogens is 5. The molecule has 4 rings (SSSR count). The Labute approximate surface area is 154 Å². The molecule has 126 valence electrons. The molecule has 0 aliphatic rings. The van der Waals surface area contributed by atoms with E-state index < -0.39 is 0 Å². The van der Waals surface area contributed by atoms with E-state index in [1.54, 1.807) is 4.52 Å². The first-order valence-electron chi connectivity index (χ1n) is 7.90. The summed E-state index contributed by atoms with van der Waals surface area (Å²) < 4.78 is 1.76. The van der Waals surface area contributed by atoms with E-state index in [2.05, 4.69) is 15.1 Å². The molecule has 7 heteroatoms. The van der Waals surface area contributed by atoms with Crippen molar-refractivity contribution in [2.24, 2.45) is 0 Å². The number of benzene rings is 1. The Balaban J connectivity index is 1.66. The van der Waals surface area contributed by atoms with Crippen molar-refractivity contribution in [3.8, 4) is 0 Å². The lowest BCUT2D eigenvalue weighted by Crippen LogP contribution is -1.97. The number of rotatable bonds is 3. The monoisotopic (exact) mass is 369 g/mol. The minimum Gasteiger partial charge on any atom is -0.250 e. The molecule has 0 aliphatic heterocycles. The normalized spacial score (nSPS) is 11.5. The zero-order valence-corrected chi connectivity index (χ0v) is 15.7. The summed E-state index contributed by atoms with van der Waals surface area (Å²) in [5, 5.41) is 6.98. The van der Waals surface area contributed by atoms with Gasteiger partial charge < -0.3 is 0 Å². The van der Waals surface area contributed by atoms with Crippen LogP contribution in [0.15, 0.2) is 35.5 Å². The van der Waals surface area contributed by atoms with Gasteiger partial charge in [-0.25, -0.2) is 9.50 Å². The maximum absolute atomic E-state index is 6.53. The number of nitrogens with zero attached hydrogens (tertiary/aromatic N) is 5. The third kappa shape index (κ3) is 2.96. The summed E-state index contributed by atoms with van der Waals surface area (Å²) in [4.78, 5) is 13.6. The summed E-state index contributed by atoms with van der Waals surface area (Å²) in [5.74, 6) is 1.23. The molecular formula is C18H16ClN5S. The number of hydrogen-bond acceptors (Lipinski definition) is 5. The molecule has 0 fully saturated rings. The van der Waals surface area contributed by atoms with E-state index >= 15 is 0 Å². The fourth-order valence-electron chi connectivity index (χ4n) is 2.86. The van der Waals surface area contributed by atoms with Crippen LogP contribution in [0.5, 0.6) is 0 Å². The fraction of sp³-hybridized carbons (Fsp3) is 0.222. The lowest BCUT2D eigenvalue weighted by atomic mass is 10.1. The molecule has 1 aromatic carbocycles. The molecule has 0 saturated carbocycles. The van der Waals surface area contributed by atoms with Crippen LogP contribution in [-0.2, 0) is 5.75 Å². The number of halogens is 1. The molecule has 3 aromatic heterocycles. The van der Waals surface area contributed by atoms with Crippen LogP contribution in [-0.4, -0.2) is 24.6 Å². The molecule has 0 bridgehead atoms. The van der Waals surface area contributed by atoms with Crippen molar-refractivity contribution in [1.82, 2.24) is 24.6 Å². The van der Waals surface area contributed by atoms with Crippen molar-refractivity contribution in [3.05, 3.63) is 58.0 Å². The Bertz CT molecular complexity index is 1110. The van der Waals surface area contributed by atoms with Crippen molar-refractivity contribution < 1.29 is 0 Å². The second-order valence-corrected chi connectivity index (χ2v) is 7.27. The highest BCUT2D eigenvalue weighted by Gasteiger charge is 2.13. The van der Waals surface area contributed by atoms with Crippen LogP contribution >= 0.6 is 23.4 Å². The number of hydrogen-bond donors (Lipinski definition) is 0. The molecule has 25 heavy (non-hydrogen) atoms. The third-order valence-electron chi connectivity index (χ3n) is 4.08. The van der Waals surface area contributed by atoms with Gasteiger partial charge in [0, 0.05) is 22.5 Å². The Morgan fingerprint density at radius 2 is 1.88 bits per heavy atom. The van der Waals surface area contributed by atoms with Gasteiger partial charge in [-0.3, -0.25) is 4.98 Å². The van der Waals surface area contributed by atoms with Gasteiger partial charge in [-0.1, -0.05) is 41.6 Å². The van der Waals surface area contributed by atoms with Gasteiger partial charge in [0.25, 0.3) is 5.78 Å². The Morgan fingerprint density at radius 3 is 2.72 bits per heavy atom. The molecule has 5 nitrogen and oxygen atoms in total. The minimum atomic E-state index is 0.611. The molecular weight excluding hydrogens is 354 g/mol. The molecule has 3 heterocycles. The molecule has 0 N–H and O–H groups in total. The number of para-hydroxylation sites is 1. The van der Waals surface area contributed by atoms with Crippen LogP contribution < -0.4 is 0 Å². The molecule has 0 spiro atoms. The van der Waals surface area contributed by atoms with Gasteiger partial charge in [0.2, 0.25) is 5.16 Å². The molecule has 0 radical (unpaired) electrons. The predicted molar refractivity (Wildman–Crippen MR) is 101 cm³/mol. The van der Waals surface area contributed by atoms with Gasteiger partial charge in [-0.15, -0.1) is 5.10 Å². The van der Waals surface area contributed by atoms with Crippen LogP contribution in [0.1, 0.15) is 22.6 Å². The molecule has 0 saturated heterocycles. The van der Waals surface area contributed by atoms with Gasteiger partial charge >= 0.3 is 0 Å². The van der Waals surface area contributed by atoms with Crippen molar-refractivity contribution in [1.29, 1.82) is 0 Å². The molecule has 0 unspecified atom stereocenters. The summed E-state index contributed by atoms with van der Waals surface area (Å²) in [7, 11) is 0. The summed E-state index contributed by atoms with van der Waals surface area (Å²) >= 11 is 8.04. The quantitative estimate of drug-likeness (QED) is 0.496. The van der Waals surface area contributed by atoms with E-state index in [0.717, 1.165) is 33.5 Å². The molecule has 0 atom stereocenters. The topological polar surface area (TPSA) is 56.0 Å². The highest BCUT2D eigenvalue weighted by molar-refractivity contribution is 7.98. The SMILES string of the molecule is Cc1cc(C)n2nc(SCc3nc4ccccc4c(C)c3Cl)nc2n1. The zero-order valence-electron chi connectivity index (χ0n) is 14.1. The summed E-state index contributed by atoms with van der Waals surface area (Å²) in [6, 6.07) is 10.0. The van der Waals surface area contributed by atoms with Gasteiger partial charge in [0.1, 0.15) is 0 Å². The molecule has 4 aromatic rings. The van der Waals surface area contributed by atoms with Crippen LogP contribution in [0.2, 0.25) is 5.02 Å². The number of pyridine rings is 1. The zero-order chi connectivity index (χ0) is 17.6. The van der Waals surface area contributed by atoms with E-state index in [4.69, 9.17) is 16.6 Å². The fourth-order valence-corrected chi connectivity index (χ4v) is 3.91. The van der Waals surface area contributed by atoms with Crippen LogP contribution in [0.4, 0.5) is 0 Å². The number of aryl methyl sites for hydroxylation is 3. The van der Waals surface area contributed by atoms with E-state index in [1.165, 1.54) is 11.8 Å². The minimum absolute atomic E-state index is 0.611. The average molecular weight is 370 g/mol. The van der Waals surface area contributed by atoms with Crippen molar-refractivity contribution in [2.45, 2.75) is 31.7 Å². The van der Waals surface area contributed by atoms with Crippen molar-refractivity contribution in [2.75, 3.05) is 0 Å². The smallest absolute Gasteiger partial charge is 0.250 e. The van der Waals surface area contributed by atoms with Crippen molar-refractivity contribution >= 4 is 40.0 Å². The summed E-state index contributed by atoms with van der Waals surface area (Å²) in [6.45, 7) is 5.98. The van der Waals surface area contributed by atoms with Crippen LogP contribution in [0, 0.1) is 20.8 Å². The Morgan fingerprint density at radius 1 is 1.08 bits per heavy atom. The largest absolute Gasteiger partial charge is 0.253 e. The van der Waals surface area contributed by atoms with Crippen LogP contribution in [0.25, 0.3) is 16.7 Å². The number of thioether (sulfide) groups is 1. The maximum atomic E-state index is 6.53. The van der Waals surface area contributed by atoms with E-state index in [9.17, 15) is 0 Å². The van der Waals surface area contributed by atoms with Gasteiger partial charge in [0.05, 0.1) is 16.2 Å². The third-order valence-corrected chi connectivity index (χ3v) is 5.43. The highest BCUT2D eigenvalue weighted by Crippen LogP contribution is 2.30. The average Bonchev–Trinajstić information content (AvgIpc) is 3.00. The van der Waals surface area contributed by atoms with E-state index in [1.807, 2.05) is 51.1 Å². The van der Waals surface area contributed by atoms with Gasteiger partial charge in [0.15, 0.2) is 0 Å². The van der Waals surface area contributed by atoms with E-state index in [-0.39, 0.29) is 0 Å². The summed E-state index contributed by atoms with van der Waals surface area (Å²) in [5.41, 5.74) is 4.81. The standard InChI is InChI=1S/C18H16ClN5S/c1-10-8-11(2)24-17(20-10)22-18(23-24)25-9-15-16(19)12(3)13-6-4-5-7-14(13)21-15/h4-8H,9H2,1-3H3. The van der Waals surface area contributed by atoms with E-state index in [0.29, 0.717) is 21.7 Å². The first-order chi connectivity index (χ1) is 12.0. The second-order valence-electron chi connectivity index (χ2n) is 5.95. The molecule has 0 aliphatic carbocycles. The highest BCUT2D eigenvalue weighted by atomic mass is 35.5. The first-order valence-corrected chi connectivity index (χ1v) is 9.27. The predicted octanol–water partition coefficient (Wildman–Crippen LogP) is 4.54. The lowest BCUT2D eigenvalue weighted by molar-refractivity contribution is 0.843. The lowest BCUT2D eigenvalue weighted by Gasteiger charge is -2.08. The van der Waals surface area contributed by atoms with Gasteiger partial charge in [-0.05, 0) is 38.5 Å². The number of fused-ring (bicyclic) bond motifs is 2. The van der Waals surface area contributed by atoms with Crippen LogP contribution in [0.3, 0.4) is 0 Å². The Hall–Kier alpha value is -2.18. The first kappa shape index (κ1) is 16.3. The summed E-state index contributed by atoms with van der Waals surface area (Å²) in [6.07, 6.45) is 0. The second kappa shape index (κ2) is 6.28. The molecule has 0 amide bonds. The van der Waals surface area contributed by atoms with Crippen molar-refractivity contribution in [3.63, 3.8) is 0 Å². The maximum Gasteiger partial charge on any atom is 0.253 e. The Kier molecular flexibility index (Phi) is 4.09. The van der Waals surface area contributed by atoms with Gasteiger partial charge in [-0.2, -0.15) is 4.98 Å².